The van der Waals surface area contributed by atoms with Crippen molar-refractivity contribution in [3.63, 3.8) is 0 Å². The highest BCUT2D eigenvalue weighted by molar-refractivity contribution is 6.30. The van der Waals surface area contributed by atoms with Crippen LogP contribution >= 0.6 is 11.6 Å². The highest BCUT2D eigenvalue weighted by Crippen LogP contribution is 2.16. The molecule has 0 spiro atoms. The summed E-state index contributed by atoms with van der Waals surface area (Å²) in [5, 5.41) is 9.12. The Morgan fingerprint density at radius 2 is 2.33 bits per heavy atom. The average molecular weight is 230 g/mol. The van der Waals surface area contributed by atoms with E-state index >= 15 is 0 Å². The molecule has 1 aromatic heterocycles. The van der Waals surface area contributed by atoms with Gasteiger partial charge in [-0.1, -0.05) is 17.7 Å². The molecule has 1 heterocycles. The summed E-state index contributed by atoms with van der Waals surface area (Å²) in [5.74, 6) is -1.01. The molecule has 0 radical (unpaired) electrons. The molecule has 0 amide bonds. The molecule has 0 aliphatic rings. The minimum atomic E-state index is -1.01. The molecule has 4 nitrogen and oxygen atoms in total. The molecular formula is C10H12ClNO3. The molecule has 0 aromatic carbocycles. The fourth-order valence-corrected chi connectivity index (χ4v) is 1.45. The van der Waals surface area contributed by atoms with Crippen LogP contribution in [0.4, 0.5) is 0 Å². The maximum atomic E-state index is 10.7. The van der Waals surface area contributed by atoms with E-state index in [0.29, 0.717) is 10.7 Å². The van der Waals surface area contributed by atoms with E-state index in [4.69, 9.17) is 21.4 Å². The van der Waals surface area contributed by atoms with E-state index in [1.807, 2.05) is 6.92 Å². The van der Waals surface area contributed by atoms with E-state index in [9.17, 15) is 4.79 Å². The highest BCUT2D eigenvalue weighted by Gasteiger charge is 2.18. The van der Waals surface area contributed by atoms with Gasteiger partial charge in [0.1, 0.15) is 5.15 Å². The summed E-state index contributed by atoms with van der Waals surface area (Å²) in [7, 11) is 1.36. The standard InChI is InChI=1S/C10H12ClNO3/c1-6-3-4-7(9(11)12-6)5-8(15-2)10(13)14/h3-4,8H,5H2,1-2H3,(H,13,14). The van der Waals surface area contributed by atoms with Crippen LogP contribution in [0, 0.1) is 6.92 Å². The number of nitrogens with zero attached hydrogens (tertiary/aromatic N) is 1. The van der Waals surface area contributed by atoms with Crippen molar-refractivity contribution in [2.24, 2.45) is 0 Å². The van der Waals surface area contributed by atoms with Crippen LogP contribution in [0.25, 0.3) is 0 Å². The van der Waals surface area contributed by atoms with Gasteiger partial charge < -0.3 is 9.84 Å². The van der Waals surface area contributed by atoms with E-state index in [1.165, 1.54) is 7.11 Å². The zero-order valence-electron chi connectivity index (χ0n) is 8.53. The van der Waals surface area contributed by atoms with Gasteiger partial charge in [0.2, 0.25) is 0 Å². The van der Waals surface area contributed by atoms with Crippen LogP contribution in [0.2, 0.25) is 5.15 Å². The van der Waals surface area contributed by atoms with Crippen molar-refractivity contribution in [1.82, 2.24) is 4.98 Å². The number of methoxy groups -OCH3 is 1. The van der Waals surface area contributed by atoms with Gasteiger partial charge in [0.25, 0.3) is 0 Å². The monoisotopic (exact) mass is 229 g/mol. The Bertz CT molecular complexity index is 368. The van der Waals surface area contributed by atoms with E-state index < -0.39 is 12.1 Å². The van der Waals surface area contributed by atoms with E-state index in [0.717, 1.165) is 5.69 Å². The van der Waals surface area contributed by atoms with Gasteiger partial charge in [0, 0.05) is 19.2 Å². The van der Waals surface area contributed by atoms with E-state index in [2.05, 4.69) is 4.98 Å². The van der Waals surface area contributed by atoms with Gasteiger partial charge in [-0.15, -0.1) is 0 Å². The largest absolute Gasteiger partial charge is 0.479 e. The molecule has 0 bridgehead atoms. The third-order valence-electron chi connectivity index (χ3n) is 2.03. The Morgan fingerprint density at radius 1 is 1.67 bits per heavy atom. The zero-order valence-corrected chi connectivity index (χ0v) is 9.28. The number of carboxylic acids is 1. The van der Waals surface area contributed by atoms with Crippen molar-refractivity contribution in [3.8, 4) is 0 Å². The van der Waals surface area contributed by atoms with Gasteiger partial charge in [-0.2, -0.15) is 0 Å². The van der Waals surface area contributed by atoms with E-state index in [-0.39, 0.29) is 6.42 Å². The molecule has 1 atom stereocenters. The van der Waals surface area contributed by atoms with E-state index in [1.54, 1.807) is 12.1 Å². The number of hydrogen-bond acceptors (Lipinski definition) is 3. The molecule has 0 saturated carbocycles. The van der Waals surface area contributed by atoms with Gasteiger partial charge in [0.15, 0.2) is 6.10 Å². The molecule has 1 aromatic rings. The number of pyridine rings is 1. The fraction of sp³-hybridized carbons (Fsp3) is 0.400. The number of aryl methyl sites for hydroxylation is 1. The smallest absolute Gasteiger partial charge is 0.333 e. The van der Waals surface area contributed by atoms with Crippen LogP contribution in [-0.2, 0) is 16.0 Å². The van der Waals surface area contributed by atoms with Gasteiger partial charge in [0.05, 0.1) is 0 Å². The van der Waals surface area contributed by atoms with Crippen molar-refractivity contribution >= 4 is 17.6 Å². The molecule has 0 aliphatic heterocycles. The van der Waals surface area contributed by atoms with Crippen LogP contribution in [0.3, 0.4) is 0 Å². The maximum absolute atomic E-state index is 10.7. The second-order valence-electron chi connectivity index (χ2n) is 3.17. The van der Waals surface area contributed by atoms with Crippen LogP contribution in [-0.4, -0.2) is 29.3 Å². The lowest BCUT2D eigenvalue weighted by molar-refractivity contribution is -0.148. The van der Waals surface area contributed by atoms with Crippen LogP contribution in [0.5, 0.6) is 0 Å². The lowest BCUT2D eigenvalue weighted by atomic mass is 10.1. The van der Waals surface area contributed by atoms with Crippen molar-refractivity contribution in [1.29, 1.82) is 0 Å². The normalized spacial score (nSPS) is 12.5. The fourth-order valence-electron chi connectivity index (χ4n) is 1.18. The summed E-state index contributed by atoms with van der Waals surface area (Å²) in [6.07, 6.45) is -0.662. The molecule has 82 valence electrons. The van der Waals surface area contributed by atoms with Crippen molar-refractivity contribution in [3.05, 3.63) is 28.5 Å². The summed E-state index contributed by atoms with van der Waals surface area (Å²) in [4.78, 5) is 14.8. The molecule has 5 heteroatoms. The molecule has 0 aliphatic carbocycles. The predicted molar refractivity (Wildman–Crippen MR) is 56.1 cm³/mol. The summed E-state index contributed by atoms with van der Waals surface area (Å²) in [5.41, 5.74) is 1.48. The highest BCUT2D eigenvalue weighted by atomic mass is 35.5. The Morgan fingerprint density at radius 3 is 2.80 bits per heavy atom. The topological polar surface area (TPSA) is 59.4 Å². The molecule has 1 N–H and O–H groups in total. The first-order chi connectivity index (χ1) is 7.04. The number of aliphatic carboxylic acids is 1. The summed E-state index contributed by atoms with van der Waals surface area (Å²) < 4.78 is 4.81. The third-order valence-corrected chi connectivity index (χ3v) is 2.36. The number of ether oxygens (including phenoxy) is 1. The first-order valence-corrected chi connectivity index (χ1v) is 4.80. The minimum absolute atomic E-state index is 0.220. The first-order valence-electron chi connectivity index (χ1n) is 4.42. The number of hydrogen-bond donors (Lipinski definition) is 1. The predicted octanol–water partition coefficient (Wildman–Crippen LogP) is 1.69. The number of carboxylic acid groups (broad SMARTS) is 1. The number of rotatable bonds is 4. The Balaban J connectivity index is 2.84. The van der Waals surface area contributed by atoms with Crippen molar-refractivity contribution in [2.45, 2.75) is 19.4 Å². The molecule has 0 fully saturated rings. The Hall–Kier alpha value is -1.13. The lowest BCUT2D eigenvalue weighted by Gasteiger charge is -2.11. The SMILES string of the molecule is COC(Cc1ccc(C)nc1Cl)C(=O)O. The Labute approximate surface area is 92.8 Å². The maximum Gasteiger partial charge on any atom is 0.333 e. The van der Waals surface area contributed by atoms with Crippen molar-refractivity contribution in [2.75, 3.05) is 7.11 Å². The van der Waals surface area contributed by atoms with Gasteiger partial charge in [-0.05, 0) is 18.6 Å². The number of halogens is 1. The minimum Gasteiger partial charge on any atom is -0.479 e. The Kier molecular flexibility index (Phi) is 4.05. The molecule has 0 saturated heterocycles. The quantitative estimate of drug-likeness (QED) is 0.799. The van der Waals surface area contributed by atoms with Crippen LogP contribution in [0.1, 0.15) is 11.3 Å². The van der Waals surface area contributed by atoms with Gasteiger partial charge in [-0.25, -0.2) is 9.78 Å². The molecular weight excluding hydrogens is 218 g/mol. The number of carbonyl (C=O) groups is 1. The first kappa shape index (κ1) is 11.9. The lowest BCUT2D eigenvalue weighted by Crippen LogP contribution is -2.25. The van der Waals surface area contributed by atoms with Crippen LogP contribution in [0.15, 0.2) is 12.1 Å². The molecule has 15 heavy (non-hydrogen) atoms. The number of aromatic nitrogens is 1. The molecule has 1 unspecified atom stereocenters. The van der Waals surface area contributed by atoms with Crippen LogP contribution < -0.4 is 0 Å². The van der Waals surface area contributed by atoms with Gasteiger partial charge >= 0.3 is 5.97 Å². The molecule has 1 rings (SSSR count). The average Bonchev–Trinajstić information content (AvgIpc) is 2.16. The van der Waals surface area contributed by atoms with Crippen molar-refractivity contribution < 1.29 is 14.6 Å². The van der Waals surface area contributed by atoms with Gasteiger partial charge in [-0.3, -0.25) is 0 Å². The second kappa shape index (κ2) is 5.09. The summed E-state index contributed by atoms with van der Waals surface area (Å²) in [6.45, 7) is 1.82. The second-order valence-corrected chi connectivity index (χ2v) is 3.53. The summed E-state index contributed by atoms with van der Waals surface area (Å²) >= 11 is 5.88. The summed E-state index contributed by atoms with van der Waals surface area (Å²) in [6, 6.07) is 3.55. The third kappa shape index (κ3) is 3.18. The zero-order chi connectivity index (χ0) is 11.4.